The number of hydrogen-bond donors (Lipinski definition) is 1. The van der Waals surface area contributed by atoms with E-state index in [1.165, 1.54) is 13.0 Å². The van der Waals surface area contributed by atoms with E-state index < -0.39 is 4.92 Å². The van der Waals surface area contributed by atoms with Gasteiger partial charge < -0.3 is 9.72 Å². The summed E-state index contributed by atoms with van der Waals surface area (Å²) in [5, 5.41) is 11.8. The zero-order valence-electron chi connectivity index (χ0n) is 11.4. The number of allylic oxidation sites excluding steroid dienone is 1. The van der Waals surface area contributed by atoms with Crippen LogP contribution in [-0.4, -0.2) is 17.0 Å². The van der Waals surface area contributed by atoms with Crippen molar-refractivity contribution in [3.63, 3.8) is 0 Å². The summed E-state index contributed by atoms with van der Waals surface area (Å²) in [7, 11) is 1.57. The fourth-order valence-corrected chi connectivity index (χ4v) is 2.13. The first-order chi connectivity index (χ1) is 8.95. The van der Waals surface area contributed by atoms with E-state index in [9.17, 15) is 10.1 Å². The molecule has 0 fully saturated rings. The summed E-state index contributed by atoms with van der Waals surface area (Å²) in [6.07, 6.45) is 1.52. The molecule has 0 bridgehead atoms. The van der Waals surface area contributed by atoms with E-state index in [-0.39, 0.29) is 5.70 Å². The predicted octanol–water partition coefficient (Wildman–Crippen LogP) is 3.43. The van der Waals surface area contributed by atoms with Crippen LogP contribution >= 0.6 is 0 Å². The Labute approximate surface area is 111 Å². The lowest BCUT2D eigenvalue weighted by molar-refractivity contribution is -0.422. The van der Waals surface area contributed by atoms with E-state index in [0.29, 0.717) is 11.3 Å². The Balaban J connectivity index is 2.70. The molecule has 0 saturated carbocycles. The minimum atomic E-state index is -0.408. The summed E-state index contributed by atoms with van der Waals surface area (Å²) < 4.78 is 5.41. The lowest BCUT2D eigenvalue weighted by Gasteiger charge is -2.06. The Morgan fingerprint density at radius 2 is 2.11 bits per heavy atom. The van der Waals surface area contributed by atoms with E-state index in [2.05, 4.69) is 4.98 Å². The van der Waals surface area contributed by atoms with Gasteiger partial charge in [-0.05, 0) is 19.4 Å². The van der Waals surface area contributed by atoms with E-state index in [1.807, 2.05) is 26.0 Å². The van der Waals surface area contributed by atoms with Crippen molar-refractivity contribution in [2.24, 2.45) is 0 Å². The summed E-state index contributed by atoms with van der Waals surface area (Å²) in [5.41, 5.74) is 3.89. The molecular formula is C14H16N2O3. The molecule has 19 heavy (non-hydrogen) atoms. The number of hydrogen-bond acceptors (Lipinski definition) is 3. The molecule has 0 radical (unpaired) electrons. The second-order valence-corrected chi connectivity index (χ2v) is 4.53. The first-order valence-electron chi connectivity index (χ1n) is 5.94. The highest BCUT2D eigenvalue weighted by Gasteiger charge is 2.13. The van der Waals surface area contributed by atoms with Gasteiger partial charge >= 0.3 is 0 Å². The molecule has 0 aliphatic rings. The molecule has 5 nitrogen and oxygen atoms in total. The number of nitro groups is 1. The molecular weight excluding hydrogens is 244 g/mol. The highest BCUT2D eigenvalue weighted by molar-refractivity contribution is 5.92. The van der Waals surface area contributed by atoms with Crippen LogP contribution in [0.1, 0.15) is 23.7 Å². The number of rotatable bonds is 3. The molecule has 1 heterocycles. The quantitative estimate of drug-likeness (QED) is 0.679. The maximum absolute atomic E-state index is 10.7. The van der Waals surface area contributed by atoms with Gasteiger partial charge in [0.1, 0.15) is 5.75 Å². The Kier molecular flexibility index (Phi) is 3.29. The Morgan fingerprint density at radius 1 is 1.42 bits per heavy atom. The zero-order valence-corrected chi connectivity index (χ0v) is 11.4. The van der Waals surface area contributed by atoms with Gasteiger partial charge in [0.15, 0.2) is 0 Å². The lowest BCUT2D eigenvalue weighted by atomic mass is 10.1. The number of fused-ring (bicyclic) bond motifs is 1. The van der Waals surface area contributed by atoms with Crippen molar-refractivity contribution in [2.45, 2.75) is 20.8 Å². The maximum Gasteiger partial charge on any atom is 0.243 e. The summed E-state index contributed by atoms with van der Waals surface area (Å²) in [6.45, 7) is 5.49. The van der Waals surface area contributed by atoms with Gasteiger partial charge in [-0.1, -0.05) is 12.1 Å². The Morgan fingerprint density at radius 3 is 2.68 bits per heavy atom. The molecule has 0 saturated heterocycles. The van der Waals surface area contributed by atoms with Crippen LogP contribution in [0.15, 0.2) is 17.8 Å². The number of H-pyrrole nitrogens is 1. The standard InChI is InChI=1S/C14H16N2O3/c1-8(16(17)18)7-11-5-6-12-9(2)10(3)15-13(12)14(11)19-4/h5-7,15H,1-4H3/b8-7-. The number of benzene rings is 1. The molecule has 0 amide bonds. The van der Waals surface area contributed by atoms with Crippen molar-refractivity contribution in [3.8, 4) is 5.75 Å². The van der Waals surface area contributed by atoms with Gasteiger partial charge in [0.2, 0.25) is 5.70 Å². The Bertz CT molecular complexity index is 684. The molecule has 0 atom stereocenters. The molecule has 5 heteroatoms. The fraction of sp³-hybridized carbons (Fsp3) is 0.286. The van der Waals surface area contributed by atoms with Crippen LogP contribution in [0.25, 0.3) is 17.0 Å². The predicted molar refractivity (Wildman–Crippen MR) is 75.0 cm³/mol. The van der Waals surface area contributed by atoms with Gasteiger partial charge in [0.25, 0.3) is 0 Å². The van der Waals surface area contributed by atoms with Crippen LogP contribution in [0.4, 0.5) is 0 Å². The molecule has 1 aromatic heterocycles. The SMILES string of the molecule is COc1c(/C=C(/C)[N+](=O)[O-])ccc2c(C)c(C)[nH]c12. The van der Waals surface area contributed by atoms with E-state index in [0.717, 1.165) is 22.2 Å². The number of aromatic nitrogens is 1. The molecule has 0 spiro atoms. The number of nitrogens with zero attached hydrogens (tertiary/aromatic N) is 1. The monoisotopic (exact) mass is 260 g/mol. The fourth-order valence-electron chi connectivity index (χ4n) is 2.13. The first-order valence-corrected chi connectivity index (χ1v) is 5.94. The molecule has 100 valence electrons. The minimum absolute atomic E-state index is 0.0812. The largest absolute Gasteiger partial charge is 0.494 e. The topological polar surface area (TPSA) is 68.2 Å². The molecule has 2 rings (SSSR count). The molecule has 2 aromatic rings. The molecule has 1 N–H and O–H groups in total. The molecule has 0 aliphatic carbocycles. The highest BCUT2D eigenvalue weighted by atomic mass is 16.6. The van der Waals surface area contributed by atoms with Crippen LogP contribution in [0.5, 0.6) is 5.75 Å². The summed E-state index contributed by atoms with van der Waals surface area (Å²) in [6, 6.07) is 3.80. The average Bonchev–Trinajstić information content (AvgIpc) is 2.65. The second-order valence-electron chi connectivity index (χ2n) is 4.53. The normalized spacial score (nSPS) is 11.9. The van der Waals surface area contributed by atoms with Gasteiger partial charge in [-0.2, -0.15) is 0 Å². The van der Waals surface area contributed by atoms with Gasteiger partial charge in [-0.25, -0.2) is 0 Å². The van der Waals surface area contributed by atoms with E-state index in [1.54, 1.807) is 7.11 Å². The number of nitrogens with one attached hydrogen (secondary N) is 1. The van der Waals surface area contributed by atoms with Crippen LogP contribution in [0.2, 0.25) is 0 Å². The highest BCUT2D eigenvalue weighted by Crippen LogP contribution is 2.33. The third-order valence-corrected chi connectivity index (χ3v) is 3.32. The lowest BCUT2D eigenvalue weighted by Crippen LogP contribution is -1.95. The van der Waals surface area contributed by atoms with Crippen LogP contribution < -0.4 is 4.74 Å². The van der Waals surface area contributed by atoms with Crippen molar-refractivity contribution in [3.05, 3.63) is 44.8 Å². The van der Waals surface area contributed by atoms with Crippen molar-refractivity contribution in [1.82, 2.24) is 4.98 Å². The van der Waals surface area contributed by atoms with Crippen molar-refractivity contribution < 1.29 is 9.66 Å². The third kappa shape index (κ3) is 2.19. The number of aryl methyl sites for hydroxylation is 2. The second kappa shape index (κ2) is 4.76. The van der Waals surface area contributed by atoms with E-state index in [4.69, 9.17) is 4.74 Å². The van der Waals surface area contributed by atoms with Gasteiger partial charge in [0, 0.05) is 29.6 Å². The molecule has 1 aromatic carbocycles. The van der Waals surface area contributed by atoms with Gasteiger partial charge in [0.05, 0.1) is 17.5 Å². The van der Waals surface area contributed by atoms with Gasteiger partial charge in [-0.3, -0.25) is 10.1 Å². The zero-order chi connectivity index (χ0) is 14.2. The molecule has 0 aliphatic heterocycles. The minimum Gasteiger partial charge on any atom is -0.494 e. The van der Waals surface area contributed by atoms with Crippen molar-refractivity contribution >= 4 is 17.0 Å². The molecule has 0 unspecified atom stereocenters. The third-order valence-electron chi connectivity index (χ3n) is 3.32. The van der Waals surface area contributed by atoms with E-state index >= 15 is 0 Å². The van der Waals surface area contributed by atoms with Crippen molar-refractivity contribution in [1.29, 1.82) is 0 Å². The van der Waals surface area contributed by atoms with Gasteiger partial charge in [-0.15, -0.1) is 0 Å². The van der Waals surface area contributed by atoms with Crippen LogP contribution in [0, 0.1) is 24.0 Å². The van der Waals surface area contributed by atoms with Crippen LogP contribution in [-0.2, 0) is 0 Å². The maximum atomic E-state index is 10.7. The summed E-state index contributed by atoms with van der Waals surface area (Å²) in [5.74, 6) is 0.634. The number of aromatic amines is 1. The van der Waals surface area contributed by atoms with Crippen LogP contribution in [0.3, 0.4) is 0 Å². The average molecular weight is 260 g/mol. The van der Waals surface area contributed by atoms with Crippen molar-refractivity contribution in [2.75, 3.05) is 7.11 Å². The number of methoxy groups -OCH3 is 1. The smallest absolute Gasteiger partial charge is 0.243 e. The number of ether oxygens (including phenoxy) is 1. The first kappa shape index (κ1) is 13.1. The summed E-state index contributed by atoms with van der Waals surface area (Å²) in [4.78, 5) is 13.6. The summed E-state index contributed by atoms with van der Waals surface area (Å²) >= 11 is 0. The Hall–Kier alpha value is -2.30.